The van der Waals surface area contributed by atoms with Gasteiger partial charge in [-0.2, -0.15) is 4.31 Å². The normalized spacial score (nSPS) is 20.1. The SMILES string of the molecule is COc1cccc2c1C(OC)(OC)CN(CCCN1CCC(C(=O)c3ccc(F)cc3)CC1)S2(=O)=O. The van der Waals surface area contributed by atoms with Crippen LogP contribution >= 0.6 is 0 Å². The summed E-state index contributed by atoms with van der Waals surface area (Å²) in [6.07, 6.45) is 2.07. The average molecular weight is 521 g/mol. The molecular formula is C26H33FN2O6S. The van der Waals surface area contributed by atoms with Gasteiger partial charge in [-0.05, 0) is 75.3 Å². The number of Topliss-reactive ketones (excluding diaryl/α,β-unsaturated/α-hetero) is 1. The summed E-state index contributed by atoms with van der Waals surface area (Å²) < 4.78 is 58.3. The molecule has 0 saturated carbocycles. The molecule has 0 amide bonds. The van der Waals surface area contributed by atoms with Gasteiger partial charge in [0.2, 0.25) is 15.8 Å². The van der Waals surface area contributed by atoms with Crippen LogP contribution in [0.5, 0.6) is 5.75 Å². The fourth-order valence-corrected chi connectivity index (χ4v) is 6.91. The van der Waals surface area contributed by atoms with Crippen molar-refractivity contribution in [3.05, 3.63) is 59.4 Å². The molecule has 0 aromatic heterocycles. The van der Waals surface area contributed by atoms with Gasteiger partial charge in [-0.25, -0.2) is 12.8 Å². The molecule has 2 aliphatic rings. The first-order valence-electron chi connectivity index (χ1n) is 12.1. The lowest BCUT2D eigenvalue weighted by molar-refractivity contribution is -0.224. The molecule has 0 radical (unpaired) electrons. The van der Waals surface area contributed by atoms with E-state index in [2.05, 4.69) is 4.90 Å². The summed E-state index contributed by atoms with van der Waals surface area (Å²) in [5, 5.41) is 0. The van der Waals surface area contributed by atoms with Gasteiger partial charge >= 0.3 is 0 Å². The van der Waals surface area contributed by atoms with Crippen LogP contribution in [0.4, 0.5) is 4.39 Å². The first kappa shape index (κ1) is 26.7. The molecule has 1 saturated heterocycles. The van der Waals surface area contributed by atoms with Crippen molar-refractivity contribution in [3.63, 3.8) is 0 Å². The van der Waals surface area contributed by atoms with Crippen LogP contribution in [-0.4, -0.2) is 77.5 Å². The Bertz CT molecular complexity index is 1180. The smallest absolute Gasteiger partial charge is 0.243 e. The van der Waals surface area contributed by atoms with Gasteiger partial charge in [0.15, 0.2) is 5.78 Å². The molecule has 0 atom stereocenters. The predicted molar refractivity (Wildman–Crippen MR) is 132 cm³/mol. The van der Waals surface area contributed by atoms with E-state index in [9.17, 15) is 17.6 Å². The Labute approximate surface area is 212 Å². The van der Waals surface area contributed by atoms with E-state index in [1.54, 1.807) is 18.2 Å². The first-order valence-corrected chi connectivity index (χ1v) is 13.5. The number of halogens is 1. The molecule has 2 aromatic rings. The van der Waals surface area contributed by atoms with E-state index in [1.807, 2.05) is 0 Å². The number of piperidine rings is 1. The Morgan fingerprint density at radius 1 is 1.03 bits per heavy atom. The van der Waals surface area contributed by atoms with Crippen LogP contribution in [0.25, 0.3) is 0 Å². The second-order valence-corrected chi connectivity index (χ2v) is 11.1. The fraction of sp³-hybridized carbons (Fsp3) is 0.500. The Kier molecular flexibility index (Phi) is 8.11. The van der Waals surface area contributed by atoms with E-state index in [1.165, 1.54) is 49.9 Å². The van der Waals surface area contributed by atoms with Crippen molar-refractivity contribution < 1.29 is 31.8 Å². The summed E-state index contributed by atoms with van der Waals surface area (Å²) in [4.78, 5) is 15.1. The van der Waals surface area contributed by atoms with E-state index in [0.29, 0.717) is 36.4 Å². The number of ketones is 1. The van der Waals surface area contributed by atoms with Crippen LogP contribution in [0, 0.1) is 11.7 Å². The highest BCUT2D eigenvalue weighted by atomic mass is 32.2. The lowest BCUT2D eigenvalue weighted by Crippen LogP contribution is -2.52. The number of likely N-dealkylation sites (tertiary alicyclic amines) is 1. The second kappa shape index (κ2) is 10.9. The minimum atomic E-state index is -3.76. The van der Waals surface area contributed by atoms with Gasteiger partial charge in [0.25, 0.3) is 0 Å². The molecule has 2 aliphatic heterocycles. The summed E-state index contributed by atoms with van der Waals surface area (Å²) in [7, 11) is 0.714. The van der Waals surface area contributed by atoms with E-state index in [4.69, 9.17) is 14.2 Å². The van der Waals surface area contributed by atoms with Gasteiger partial charge in [0, 0.05) is 32.2 Å². The Hall–Kier alpha value is -2.37. The number of fused-ring (bicyclic) bond motifs is 1. The van der Waals surface area contributed by atoms with Crippen molar-refractivity contribution in [2.24, 2.45) is 5.92 Å². The number of rotatable bonds is 9. The zero-order chi connectivity index (χ0) is 25.9. The molecule has 2 aromatic carbocycles. The van der Waals surface area contributed by atoms with Gasteiger partial charge in [-0.3, -0.25) is 4.79 Å². The monoisotopic (exact) mass is 520 g/mol. The van der Waals surface area contributed by atoms with Crippen molar-refractivity contribution in [1.82, 2.24) is 9.21 Å². The first-order chi connectivity index (χ1) is 17.3. The lowest BCUT2D eigenvalue weighted by Gasteiger charge is -2.42. The zero-order valence-corrected chi connectivity index (χ0v) is 21.7. The van der Waals surface area contributed by atoms with Crippen LogP contribution in [-0.2, 0) is 25.3 Å². The minimum Gasteiger partial charge on any atom is -0.496 e. The van der Waals surface area contributed by atoms with E-state index < -0.39 is 15.8 Å². The van der Waals surface area contributed by atoms with Crippen LogP contribution in [0.1, 0.15) is 35.2 Å². The van der Waals surface area contributed by atoms with Crippen LogP contribution in [0.15, 0.2) is 47.4 Å². The quantitative estimate of drug-likeness (QED) is 0.371. The molecule has 0 bridgehead atoms. The highest BCUT2D eigenvalue weighted by Crippen LogP contribution is 2.44. The molecule has 196 valence electrons. The largest absolute Gasteiger partial charge is 0.496 e. The maximum Gasteiger partial charge on any atom is 0.243 e. The van der Waals surface area contributed by atoms with Gasteiger partial charge in [0.1, 0.15) is 11.6 Å². The summed E-state index contributed by atoms with van der Waals surface area (Å²) in [6.45, 7) is 2.54. The molecule has 0 aliphatic carbocycles. The van der Waals surface area contributed by atoms with Crippen LogP contribution in [0.2, 0.25) is 0 Å². The lowest BCUT2D eigenvalue weighted by atomic mass is 9.89. The van der Waals surface area contributed by atoms with Crippen molar-refractivity contribution in [1.29, 1.82) is 0 Å². The van der Waals surface area contributed by atoms with E-state index in [-0.39, 0.29) is 29.0 Å². The molecule has 36 heavy (non-hydrogen) atoms. The molecule has 0 unspecified atom stereocenters. The molecule has 10 heteroatoms. The number of hydrogen-bond acceptors (Lipinski definition) is 7. The average Bonchev–Trinajstić information content (AvgIpc) is 2.90. The number of methoxy groups -OCH3 is 3. The summed E-state index contributed by atoms with van der Waals surface area (Å²) in [5.41, 5.74) is 0.920. The number of carbonyl (C=O) groups excluding carboxylic acids is 1. The van der Waals surface area contributed by atoms with Crippen LogP contribution in [0.3, 0.4) is 0 Å². The number of sulfonamides is 1. The molecule has 8 nitrogen and oxygen atoms in total. The second-order valence-electron chi connectivity index (χ2n) is 9.17. The predicted octanol–water partition coefficient (Wildman–Crippen LogP) is 3.27. The molecule has 4 rings (SSSR count). The Balaban J connectivity index is 1.37. The van der Waals surface area contributed by atoms with E-state index >= 15 is 0 Å². The van der Waals surface area contributed by atoms with Gasteiger partial charge in [-0.15, -0.1) is 0 Å². The highest BCUT2D eigenvalue weighted by molar-refractivity contribution is 7.89. The Morgan fingerprint density at radius 3 is 2.31 bits per heavy atom. The minimum absolute atomic E-state index is 0.0178. The van der Waals surface area contributed by atoms with Crippen molar-refractivity contribution in [2.45, 2.75) is 29.9 Å². The number of benzene rings is 2. The van der Waals surface area contributed by atoms with Gasteiger partial charge in [0.05, 0.1) is 24.1 Å². The van der Waals surface area contributed by atoms with Crippen molar-refractivity contribution in [3.8, 4) is 5.75 Å². The number of nitrogens with zero attached hydrogens (tertiary/aromatic N) is 2. The summed E-state index contributed by atoms with van der Waals surface area (Å²) in [5.74, 6) is -1.25. The Morgan fingerprint density at radius 2 is 1.69 bits per heavy atom. The van der Waals surface area contributed by atoms with Gasteiger partial charge < -0.3 is 19.1 Å². The standard InChI is InChI=1S/C26H33FN2O6S/c1-33-22-6-4-7-23-24(22)26(34-2,35-3)18-29(36(23,31)32)15-5-14-28-16-12-20(13-17-28)25(30)19-8-10-21(27)11-9-19/h4,6-11,20H,5,12-18H2,1-3H3. The van der Waals surface area contributed by atoms with Crippen molar-refractivity contribution >= 4 is 15.8 Å². The third-order valence-corrected chi connectivity index (χ3v) is 9.11. The molecular weight excluding hydrogens is 487 g/mol. The maximum atomic E-state index is 13.4. The van der Waals surface area contributed by atoms with Crippen LogP contribution < -0.4 is 4.74 Å². The highest BCUT2D eigenvalue weighted by Gasteiger charge is 2.49. The number of hydrogen-bond donors (Lipinski definition) is 0. The molecule has 0 spiro atoms. The molecule has 2 heterocycles. The number of carbonyl (C=O) groups is 1. The third kappa shape index (κ3) is 5.05. The van der Waals surface area contributed by atoms with Crippen molar-refractivity contribution in [2.75, 3.05) is 54.1 Å². The van der Waals surface area contributed by atoms with Gasteiger partial charge in [-0.1, -0.05) is 6.07 Å². The zero-order valence-electron chi connectivity index (χ0n) is 20.9. The number of ether oxygens (including phenoxy) is 3. The molecule has 0 N–H and O–H groups in total. The molecule has 1 fully saturated rings. The fourth-order valence-electron chi connectivity index (χ4n) is 5.16. The summed E-state index contributed by atoms with van der Waals surface area (Å²) >= 11 is 0. The topological polar surface area (TPSA) is 85.4 Å². The summed E-state index contributed by atoms with van der Waals surface area (Å²) in [6, 6.07) is 10.6. The third-order valence-electron chi connectivity index (χ3n) is 7.22. The van der Waals surface area contributed by atoms with E-state index in [0.717, 1.165) is 25.9 Å². The maximum absolute atomic E-state index is 13.4.